The van der Waals surface area contributed by atoms with Gasteiger partial charge in [0.25, 0.3) is 0 Å². The van der Waals surface area contributed by atoms with Gasteiger partial charge in [0.1, 0.15) is 12.4 Å². The first-order valence-electron chi connectivity index (χ1n) is 5.73. The number of aromatic nitrogens is 1. The minimum Gasteiger partial charge on any atom is -0.487 e. The quantitative estimate of drug-likeness (QED) is 0.919. The van der Waals surface area contributed by atoms with Crippen molar-refractivity contribution < 1.29 is 4.74 Å². The van der Waals surface area contributed by atoms with Gasteiger partial charge in [-0.05, 0) is 42.3 Å². The second kappa shape index (κ2) is 5.85. The maximum Gasteiger partial charge on any atom is 0.138 e. The van der Waals surface area contributed by atoms with Crippen LogP contribution in [0.1, 0.15) is 24.1 Å². The number of pyridine rings is 1. The van der Waals surface area contributed by atoms with Crippen LogP contribution in [0.15, 0.2) is 42.7 Å². The molecule has 1 atom stereocenters. The molecule has 0 radical (unpaired) electrons. The summed E-state index contributed by atoms with van der Waals surface area (Å²) in [5.41, 5.74) is 7.84. The lowest BCUT2D eigenvalue weighted by atomic mass is 10.1. The van der Waals surface area contributed by atoms with Crippen molar-refractivity contribution in [1.29, 1.82) is 0 Å². The van der Waals surface area contributed by atoms with Crippen molar-refractivity contribution in [3.63, 3.8) is 0 Å². The van der Waals surface area contributed by atoms with Gasteiger partial charge in [0.15, 0.2) is 0 Å². The zero-order valence-electron chi connectivity index (χ0n) is 10.1. The van der Waals surface area contributed by atoms with Crippen LogP contribution in [0, 0.1) is 0 Å². The van der Waals surface area contributed by atoms with Gasteiger partial charge >= 0.3 is 0 Å². The van der Waals surface area contributed by atoms with Gasteiger partial charge in [0, 0.05) is 18.4 Å². The van der Waals surface area contributed by atoms with Crippen LogP contribution in [0.25, 0.3) is 0 Å². The number of benzene rings is 1. The molecule has 1 aromatic carbocycles. The van der Waals surface area contributed by atoms with Crippen LogP contribution < -0.4 is 10.5 Å². The zero-order chi connectivity index (χ0) is 13.0. The van der Waals surface area contributed by atoms with Crippen molar-refractivity contribution in [3.05, 3.63) is 58.9 Å². The summed E-state index contributed by atoms with van der Waals surface area (Å²) in [7, 11) is 0. The minimum atomic E-state index is -0.0308. The van der Waals surface area contributed by atoms with Crippen LogP contribution in [0.4, 0.5) is 0 Å². The predicted octanol–water partition coefficient (Wildman–Crippen LogP) is 3.33. The maximum atomic E-state index is 6.15. The molecule has 0 saturated heterocycles. The lowest BCUT2D eigenvalue weighted by Crippen LogP contribution is -2.05. The highest BCUT2D eigenvalue weighted by Gasteiger charge is 2.06. The summed E-state index contributed by atoms with van der Waals surface area (Å²) in [6, 6.07) is 9.40. The minimum absolute atomic E-state index is 0.0308. The molecule has 0 aliphatic heterocycles. The lowest BCUT2D eigenvalue weighted by Gasteiger charge is -2.11. The van der Waals surface area contributed by atoms with Gasteiger partial charge in [-0.25, -0.2) is 0 Å². The number of nitrogens with two attached hydrogens (primary N) is 1. The van der Waals surface area contributed by atoms with Crippen LogP contribution in [-0.4, -0.2) is 4.98 Å². The largest absolute Gasteiger partial charge is 0.487 e. The molecule has 94 valence electrons. The highest BCUT2D eigenvalue weighted by Crippen LogP contribution is 2.27. The molecule has 2 N–H and O–H groups in total. The number of rotatable bonds is 4. The van der Waals surface area contributed by atoms with Crippen molar-refractivity contribution >= 4 is 11.6 Å². The van der Waals surface area contributed by atoms with Gasteiger partial charge in [-0.15, -0.1) is 0 Å². The van der Waals surface area contributed by atoms with Gasteiger partial charge in [0.05, 0.1) is 5.02 Å². The first-order valence-corrected chi connectivity index (χ1v) is 6.11. The van der Waals surface area contributed by atoms with Crippen molar-refractivity contribution in [3.8, 4) is 5.75 Å². The fourth-order valence-corrected chi connectivity index (χ4v) is 1.80. The van der Waals surface area contributed by atoms with E-state index in [-0.39, 0.29) is 6.04 Å². The molecule has 4 heteroatoms. The van der Waals surface area contributed by atoms with Crippen molar-refractivity contribution in [2.24, 2.45) is 5.73 Å². The van der Waals surface area contributed by atoms with E-state index in [0.29, 0.717) is 17.4 Å². The van der Waals surface area contributed by atoms with Crippen LogP contribution in [0.2, 0.25) is 5.02 Å². The van der Waals surface area contributed by atoms with Crippen LogP contribution >= 0.6 is 11.6 Å². The standard InChI is InChI=1S/C14H15ClN2O/c1-10(16)12-2-3-14(13(15)8-12)18-9-11-4-6-17-7-5-11/h2-8,10H,9,16H2,1H3/t10-/m0/s1. The van der Waals surface area contributed by atoms with E-state index in [0.717, 1.165) is 11.1 Å². The van der Waals surface area contributed by atoms with Crippen molar-refractivity contribution in [2.75, 3.05) is 0 Å². The average molecular weight is 263 g/mol. The third-order valence-electron chi connectivity index (χ3n) is 2.63. The fourth-order valence-electron chi connectivity index (χ4n) is 1.56. The second-order valence-corrected chi connectivity index (χ2v) is 4.53. The maximum absolute atomic E-state index is 6.15. The number of ether oxygens (including phenoxy) is 1. The van der Waals surface area contributed by atoms with Crippen LogP contribution in [0.3, 0.4) is 0 Å². The Hall–Kier alpha value is -1.58. The topological polar surface area (TPSA) is 48.1 Å². The molecular formula is C14H15ClN2O. The van der Waals surface area contributed by atoms with Crippen LogP contribution in [-0.2, 0) is 6.61 Å². The van der Waals surface area contributed by atoms with Gasteiger partial charge in [-0.2, -0.15) is 0 Å². The molecule has 0 saturated carbocycles. The fraction of sp³-hybridized carbons (Fsp3) is 0.214. The summed E-state index contributed by atoms with van der Waals surface area (Å²) in [6.45, 7) is 2.39. The van der Waals surface area contributed by atoms with E-state index in [1.54, 1.807) is 12.4 Å². The molecule has 0 fully saturated rings. The molecule has 0 aliphatic rings. The SMILES string of the molecule is C[C@H](N)c1ccc(OCc2ccncc2)c(Cl)c1. The number of halogens is 1. The summed E-state index contributed by atoms with van der Waals surface area (Å²) in [4.78, 5) is 3.95. The highest BCUT2D eigenvalue weighted by molar-refractivity contribution is 6.32. The molecule has 0 spiro atoms. The molecular weight excluding hydrogens is 248 g/mol. The Bertz CT molecular complexity index is 514. The molecule has 2 rings (SSSR count). The number of nitrogens with zero attached hydrogens (tertiary/aromatic N) is 1. The van der Waals surface area contributed by atoms with E-state index in [4.69, 9.17) is 22.1 Å². The monoisotopic (exact) mass is 262 g/mol. The summed E-state index contributed by atoms with van der Waals surface area (Å²) in [6.07, 6.45) is 3.47. The molecule has 0 bridgehead atoms. The first-order chi connectivity index (χ1) is 8.66. The van der Waals surface area contributed by atoms with Gasteiger partial charge in [-0.3, -0.25) is 4.98 Å². The smallest absolute Gasteiger partial charge is 0.138 e. The molecule has 0 unspecified atom stereocenters. The second-order valence-electron chi connectivity index (χ2n) is 4.12. The summed E-state index contributed by atoms with van der Waals surface area (Å²) < 4.78 is 5.66. The lowest BCUT2D eigenvalue weighted by molar-refractivity contribution is 0.306. The van der Waals surface area contributed by atoms with Crippen molar-refractivity contribution in [2.45, 2.75) is 19.6 Å². The van der Waals surface area contributed by atoms with E-state index in [1.807, 2.05) is 37.3 Å². The number of hydrogen-bond donors (Lipinski definition) is 1. The summed E-state index contributed by atoms with van der Waals surface area (Å²) in [5.74, 6) is 0.665. The normalized spacial score (nSPS) is 12.2. The Balaban J connectivity index is 2.06. The van der Waals surface area contributed by atoms with E-state index in [1.165, 1.54) is 0 Å². The van der Waals surface area contributed by atoms with Crippen molar-refractivity contribution in [1.82, 2.24) is 4.98 Å². The molecule has 3 nitrogen and oxygen atoms in total. The molecule has 0 amide bonds. The summed E-state index contributed by atoms with van der Waals surface area (Å²) in [5, 5.41) is 0.582. The molecule has 1 aromatic heterocycles. The molecule has 1 heterocycles. The third-order valence-corrected chi connectivity index (χ3v) is 2.92. The van der Waals surface area contributed by atoms with E-state index >= 15 is 0 Å². The Morgan fingerprint density at radius 3 is 2.61 bits per heavy atom. The Labute approximate surface area is 112 Å². The van der Waals surface area contributed by atoms with Gasteiger partial charge in [-0.1, -0.05) is 17.7 Å². The Morgan fingerprint density at radius 2 is 2.00 bits per heavy atom. The van der Waals surface area contributed by atoms with E-state index < -0.39 is 0 Å². The molecule has 18 heavy (non-hydrogen) atoms. The van der Waals surface area contributed by atoms with E-state index in [2.05, 4.69) is 4.98 Å². The Kier molecular flexibility index (Phi) is 4.18. The van der Waals surface area contributed by atoms with Crippen LogP contribution in [0.5, 0.6) is 5.75 Å². The first kappa shape index (κ1) is 12.9. The average Bonchev–Trinajstić information content (AvgIpc) is 2.38. The van der Waals surface area contributed by atoms with Gasteiger partial charge < -0.3 is 10.5 Å². The van der Waals surface area contributed by atoms with Gasteiger partial charge in [0.2, 0.25) is 0 Å². The Morgan fingerprint density at radius 1 is 1.28 bits per heavy atom. The number of hydrogen-bond acceptors (Lipinski definition) is 3. The summed E-state index contributed by atoms with van der Waals surface area (Å²) >= 11 is 6.15. The zero-order valence-corrected chi connectivity index (χ0v) is 10.9. The van der Waals surface area contributed by atoms with E-state index in [9.17, 15) is 0 Å². The molecule has 0 aliphatic carbocycles. The molecule has 2 aromatic rings. The third kappa shape index (κ3) is 3.22. The highest BCUT2D eigenvalue weighted by atomic mass is 35.5. The predicted molar refractivity (Wildman–Crippen MR) is 72.6 cm³/mol.